The van der Waals surface area contributed by atoms with Crippen molar-refractivity contribution >= 4 is 30.7 Å². The highest BCUT2D eigenvalue weighted by Crippen LogP contribution is 2.13. The van der Waals surface area contributed by atoms with E-state index in [2.05, 4.69) is 15.5 Å². The lowest BCUT2D eigenvalue weighted by molar-refractivity contribution is -0.121. The maximum absolute atomic E-state index is 11.7. The number of benzene rings is 1. The summed E-state index contributed by atoms with van der Waals surface area (Å²) in [6, 6.07) is 7.92. The predicted octanol–water partition coefficient (Wildman–Crippen LogP) is 1.86. The van der Waals surface area contributed by atoms with E-state index in [1.54, 1.807) is 0 Å². The van der Waals surface area contributed by atoms with E-state index in [0.29, 0.717) is 19.6 Å². The van der Waals surface area contributed by atoms with Gasteiger partial charge in [-0.3, -0.25) is 9.69 Å². The highest BCUT2D eigenvalue weighted by molar-refractivity contribution is 5.85. The summed E-state index contributed by atoms with van der Waals surface area (Å²) in [5.41, 5.74) is 1.06. The van der Waals surface area contributed by atoms with Gasteiger partial charge in [0.15, 0.2) is 0 Å². The molecule has 6 nitrogen and oxygen atoms in total. The predicted molar refractivity (Wildman–Crippen MR) is 109 cm³/mol. The average Bonchev–Trinajstić information content (AvgIpc) is 2.62. The summed E-state index contributed by atoms with van der Waals surface area (Å²) in [5.74, 6) is 0.939. The third-order valence-electron chi connectivity index (χ3n) is 4.00. The highest BCUT2D eigenvalue weighted by Gasteiger charge is 2.09. The maximum Gasteiger partial charge on any atom is 0.220 e. The van der Waals surface area contributed by atoms with Gasteiger partial charge >= 0.3 is 0 Å². The molecule has 1 aromatic rings. The van der Waals surface area contributed by atoms with Crippen molar-refractivity contribution in [3.63, 3.8) is 0 Å². The smallest absolute Gasteiger partial charge is 0.220 e. The molecular weight excluding hydrogens is 377 g/mol. The minimum Gasteiger partial charge on any atom is -0.492 e. The van der Waals surface area contributed by atoms with Crippen LogP contribution in [-0.4, -0.2) is 63.9 Å². The summed E-state index contributed by atoms with van der Waals surface area (Å²) >= 11 is 0. The van der Waals surface area contributed by atoms with Gasteiger partial charge in [0.05, 0.1) is 13.2 Å². The first-order valence-electron chi connectivity index (χ1n) is 8.71. The fourth-order valence-corrected chi connectivity index (χ4v) is 2.58. The van der Waals surface area contributed by atoms with Crippen molar-refractivity contribution in [3.05, 3.63) is 29.8 Å². The van der Waals surface area contributed by atoms with Gasteiger partial charge in [0.2, 0.25) is 5.91 Å². The van der Waals surface area contributed by atoms with E-state index in [-0.39, 0.29) is 30.7 Å². The van der Waals surface area contributed by atoms with Crippen molar-refractivity contribution in [2.24, 2.45) is 0 Å². The molecule has 1 aliphatic heterocycles. The van der Waals surface area contributed by atoms with Crippen LogP contribution in [0.1, 0.15) is 18.4 Å². The minimum absolute atomic E-state index is 0. The van der Waals surface area contributed by atoms with Gasteiger partial charge in [-0.25, -0.2) is 0 Å². The van der Waals surface area contributed by atoms with E-state index < -0.39 is 0 Å². The molecule has 1 saturated heterocycles. The zero-order chi connectivity index (χ0) is 17.0. The first-order valence-corrected chi connectivity index (χ1v) is 8.71. The van der Waals surface area contributed by atoms with Crippen LogP contribution in [0.25, 0.3) is 0 Å². The van der Waals surface area contributed by atoms with Crippen molar-refractivity contribution in [1.29, 1.82) is 0 Å². The summed E-state index contributed by atoms with van der Waals surface area (Å²) < 4.78 is 11.2. The van der Waals surface area contributed by atoms with Crippen LogP contribution in [0.15, 0.2) is 24.3 Å². The third kappa shape index (κ3) is 10.2. The van der Waals surface area contributed by atoms with E-state index in [0.717, 1.165) is 57.1 Å². The minimum atomic E-state index is 0. The van der Waals surface area contributed by atoms with E-state index in [9.17, 15) is 4.79 Å². The molecule has 0 radical (unpaired) electrons. The summed E-state index contributed by atoms with van der Waals surface area (Å²) in [6.07, 6.45) is 1.41. The molecule has 1 heterocycles. The molecule has 0 saturated carbocycles. The Morgan fingerprint density at radius 2 is 2.04 bits per heavy atom. The Kier molecular flexibility index (Phi) is 14.4. The number of amides is 1. The number of hydrogen-bond acceptors (Lipinski definition) is 5. The molecular formula is C18H31Cl2N3O3. The van der Waals surface area contributed by atoms with Crippen LogP contribution in [0.3, 0.4) is 0 Å². The molecule has 1 aromatic carbocycles. The van der Waals surface area contributed by atoms with E-state index >= 15 is 0 Å². The van der Waals surface area contributed by atoms with Crippen molar-refractivity contribution in [1.82, 2.24) is 15.5 Å². The number of carbonyl (C=O) groups is 1. The van der Waals surface area contributed by atoms with Crippen molar-refractivity contribution < 1.29 is 14.3 Å². The lowest BCUT2D eigenvalue weighted by Gasteiger charge is -2.26. The third-order valence-corrected chi connectivity index (χ3v) is 4.00. The fourth-order valence-electron chi connectivity index (χ4n) is 2.58. The molecule has 0 atom stereocenters. The average molecular weight is 408 g/mol. The number of nitrogens with zero attached hydrogens (tertiary/aromatic N) is 1. The summed E-state index contributed by atoms with van der Waals surface area (Å²) in [5, 5.41) is 5.99. The lowest BCUT2D eigenvalue weighted by atomic mass is 10.2. The van der Waals surface area contributed by atoms with Crippen LogP contribution >= 0.6 is 24.8 Å². The Labute approximate surface area is 168 Å². The number of ether oxygens (including phenoxy) is 2. The standard InChI is InChI=1S/C18H29N3O3.2ClH/c1-19-7-3-6-18(22)20-15-16-4-2-5-17(14-16)24-13-10-21-8-11-23-12-9-21;;/h2,4-5,14,19H,3,6-13,15H2,1H3,(H,20,22);2*1H. The molecule has 0 unspecified atom stereocenters. The number of carbonyl (C=O) groups excluding carboxylic acids is 1. The van der Waals surface area contributed by atoms with Crippen molar-refractivity contribution in [2.75, 3.05) is 53.0 Å². The Bertz CT molecular complexity index is 500. The second-order valence-corrected chi connectivity index (χ2v) is 5.93. The molecule has 2 rings (SSSR count). The normalized spacial score (nSPS) is 14.0. The number of nitrogens with one attached hydrogen (secondary N) is 2. The second-order valence-electron chi connectivity index (χ2n) is 5.93. The van der Waals surface area contributed by atoms with Gasteiger partial charge in [-0.05, 0) is 37.7 Å². The molecule has 26 heavy (non-hydrogen) atoms. The maximum atomic E-state index is 11.7. The SMILES string of the molecule is CNCCCC(=O)NCc1cccc(OCCN2CCOCC2)c1.Cl.Cl. The molecule has 1 fully saturated rings. The molecule has 8 heteroatoms. The van der Waals surface area contributed by atoms with Crippen LogP contribution in [0.2, 0.25) is 0 Å². The molecule has 0 bridgehead atoms. The Morgan fingerprint density at radius 1 is 1.27 bits per heavy atom. The van der Waals surface area contributed by atoms with Crippen molar-refractivity contribution in [3.8, 4) is 5.75 Å². The zero-order valence-electron chi connectivity index (χ0n) is 15.4. The molecule has 0 aromatic heterocycles. The second kappa shape index (κ2) is 15.1. The van der Waals surface area contributed by atoms with Crippen LogP contribution in [0, 0.1) is 0 Å². The number of halogens is 2. The van der Waals surface area contributed by atoms with Gasteiger partial charge < -0.3 is 20.1 Å². The Balaban J connectivity index is 0.00000312. The van der Waals surface area contributed by atoms with Gasteiger partial charge in [0.25, 0.3) is 0 Å². The van der Waals surface area contributed by atoms with Crippen LogP contribution < -0.4 is 15.4 Å². The van der Waals surface area contributed by atoms with Crippen LogP contribution in [0.4, 0.5) is 0 Å². The number of rotatable bonds is 10. The molecule has 0 spiro atoms. The van der Waals surface area contributed by atoms with Crippen molar-refractivity contribution in [2.45, 2.75) is 19.4 Å². The zero-order valence-corrected chi connectivity index (χ0v) is 17.0. The van der Waals surface area contributed by atoms with E-state index in [1.807, 2.05) is 31.3 Å². The Morgan fingerprint density at radius 3 is 2.77 bits per heavy atom. The lowest BCUT2D eigenvalue weighted by Crippen LogP contribution is -2.38. The van der Waals surface area contributed by atoms with Gasteiger partial charge in [-0.1, -0.05) is 12.1 Å². The van der Waals surface area contributed by atoms with Gasteiger partial charge in [0, 0.05) is 32.6 Å². The first-order chi connectivity index (χ1) is 11.8. The summed E-state index contributed by atoms with van der Waals surface area (Å²) in [7, 11) is 1.89. The van der Waals surface area contributed by atoms with Gasteiger partial charge in [-0.15, -0.1) is 24.8 Å². The molecule has 2 N–H and O–H groups in total. The topological polar surface area (TPSA) is 62.8 Å². The van der Waals surface area contributed by atoms with E-state index in [1.165, 1.54) is 0 Å². The van der Waals surface area contributed by atoms with E-state index in [4.69, 9.17) is 9.47 Å². The molecule has 150 valence electrons. The molecule has 0 aliphatic carbocycles. The molecule has 1 aliphatic rings. The van der Waals surface area contributed by atoms with Gasteiger partial charge in [0.1, 0.15) is 12.4 Å². The monoisotopic (exact) mass is 407 g/mol. The quantitative estimate of drug-likeness (QED) is 0.579. The van der Waals surface area contributed by atoms with Crippen LogP contribution in [-0.2, 0) is 16.1 Å². The summed E-state index contributed by atoms with van der Waals surface area (Å²) in [6.45, 7) is 6.55. The largest absolute Gasteiger partial charge is 0.492 e. The number of morpholine rings is 1. The number of hydrogen-bond donors (Lipinski definition) is 2. The first kappa shape index (κ1) is 24.9. The van der Waals surface area contributed by atoms with Gasteiger partial charge in [-0.2, -0.15) is 0 Å². The Hall–Kier alpha value is -1.05. The highest BCUT2D eigenvalue weighted by atomic mass is 35.5. The fraction of sp³-hybridized carbons (Fsp3) is 0.611. The summed E-state index contributed by atoms with van der Waals surface area (Å²) in [4.78, 5) is 14.1. The van der Waals surface area contributed by atoms with Crippen LogP contribution in [0.5, 0.6) is 5.75 Å². The molecule has 1 amide bonds.